The highest BCUT2D eigenvalue weighted by Gasteiger charge is 2.12. The Morgan fingerprint density at radius 3 is 2.53 bits per heavy atom. The van der Waals surface area contributed by atoms with E-state index in [0.29, 0.717) is 26.4 Å². The maximum absolute atomic E-state index is 12.2. The average molecular weight is 404 g/mol. The molecule has 6 heteroatoms. The smallest absolute Gasteiger partial charge is 0.256 e. The zero-order valence-corrected chi connectivity index (χ0v) is 13.5. The van der Waals surface area contributed by atoms with Gasteiger partial charge in [0.15, 0.2) is 0 Å². The van der Waals surface area contributed by atoms with Crippen LogP contribution in [0.5, 0.6) is 0 Å². The lowest BCUT2D eigenvalue weighted by molar-refractivity contribution is 0.102. The molecule has 19 heavy (non-hydrogen) atoms. The molecule has 0 spiro atoms. The lowest BCUT2D eigenvalue weighted by atomic mass is 10.2. The summed E-state index contributed by atoms with van der Waals surface area (Å²) in [5.74, 6) is -0.262. The average Bonchev–Trinajstić information content (AvgIpc) is 2.36. The molecule has 0 aliphatic carbocycles. The first-order chi connectivity index (χ1) is 8.97. The maximum atomic E-state index is 12.2. The van der Waals surface area contributed by atoms with E-state index in [4.69, 9.17) is 17.3 Å². The summed E-state index contributed by atoms with van der Waals surface area (Å²) in [4.78, 5) is 12.2. The summed E-state index contributed by atoms with van der Waals surface area (Å²) in [5.41, 5.74) is 7.28. The van der Waals surface area contributed by atoms with Crippen LogP contribution in [0, 0.1) is 0 Å². The molecule has 0 unspecified atom stereocenters. The standard InChI is InChI=1S/C13H9Br2ClN2O/c14-10-4-2-8(17)6-9(10)13(19)18-12-5-7(16)1-3-11(12)15/h1-6H,17H2,(H,18,19). The number of nitrogen functional groups attached to an aromatic ring is 1. The fourth-order valence-electron chi connectivity index (χ4n) is 1.50. The quantitative estimate of drug-likeness (QED) is 0.713. The first kappa shape index (κ1) is 14.4. The van der Waals surface area contributed by atoms with Gasteiger partial charge in [-0.2, -0.15) is 0 Å². The third kappa shape index (κ3) is 3.49. The minimum atomic E-state index is -0.262. The van der Waals surface area contributed by atoms with Crippen molar-refractivity contribution in [3.8, 4) is 0 Å². The Bertz CT molecular complexity index is 647. The molecular formula is C13H9Br2ClN2O. The van der Waals surface area contributed by atoms with Crippen molar-refractivity contribution in [3.05, 3.63) is 55.9 Å². The molecule has 0 saturated carbocycles. The molecule has 3 nitrogen and oxygen atoms in total. The van der Waals surface area contributed by atoms with Gasteiger partial charge in [0.05, 0.1) is 11.3 Å². The van der Waals surface area contributed by atoms with Gasteiger partial charge in [0, 0.05) is 19.7 Å². The Kier molecular flexibility index (Phi) is 4.50. The van der Waals surface area contributed by atoms with Crippen LogP contribution in [0.3, 0.4) is 0 Å². The molecular weight excluding hydrogens is 395 g/mol. The van der Waals surface area contributed by atoms with E-state index >= 15 is 0 Å². The van der Waals surface area contributed by atoms with Gasteiger partial charge in [0.25, 0.3) is 5.91 Å². The largest absolute Gasteiger partial charge is 0.399 e. The van der Waals surface area contributed by atoms with Crippen molar-refractivity contribution in [1.29, 1.82) is 0 Å². The van der Waals surface area contributed by atoms with Crippen molar-refractivity contribution >= 4 is 60.7 Å². The number of nitrogens with one attached hydrogen (secondary N) is 1. The van der Waals surface area contributed by atoms with Crippen LogP contribution in [-0.2, 0) is 0 Å². The summed E-state index contributed by atoms with van der Waals surface area (Å²) in [7, 11) is 0. The molecule has 98 valence electrons. The number of carbonyl (C=O) groups excluding carboxylic acids is 1. The van der Waals surface area contributed by atoms with Crippen LogP contribution in [0.25, 0.3) is 0 Å². The van der Waals surface area contributed by atoms with Crippen molar-refractivity contribution in [2.45, 2.75) is 0 Å². The van der Waals surface area contributed by atoms with E-state index in [0.717, 1.165) is 4.47 Å². The lowest BCUT2D eigenvalue weighted by Gasteiger charge is -2.09. The Morgan fingerprint density at radius 1 is 1.11 bits per heavy atom. The third-order valence-electron chi connectivity index (χ3n) is 2.41. The van der Waals surface area contributed by atoms with Crippen LogP contribution >= 0.6 is 43.5 Å². The van der Waals surface area contributed by atoms with Crippen molar-refractivity contribution in [2.75, 3.05) is 11.1 Å². The van der Waals surface area contributed by atoms with Gasteiger partial charge in [0.1, 0.15) is 0 Å². The van der Waals surface area contributed by atoms with Crippen LogP contribution in [0.15, 0.2) is 45.3 Å². The molecule has 0 aromatic heterocycles. The zero-order valence-electron chi connectivity index (χ0n) is 9.58. The summed E-state index contributed by atoms with van der Waals surface area (Å²) >= 11 is 12.6. The molecule has 2 aromatic carbocycles. The van der Waals surface area contributed by atoms with Gasteiger partial charge < -0.3 is 11.1 Å². The van der Waals surface area contributed by atoms with Gasteiger partial charge in [-0.3, -0.25) is 4.79 Å². The summed E-state index contributed by atoms with van der Waals surface area (Å²) in [6.07, 6.45) is 0. The van der Waals surface area contributed by atoms with Crippen LogP contribution < -0.4 is 11.1 Å². The molecule has 0 atom stereocenters. The van der Waals surface area contributed by atoms with Gasteiger partial charge in [-0.1, -0.05) is 11.6 Å². The molecule has 0 heterocycles. The molecule has 2 rings (SSSR count). The number of carbonyl (C=O) groups is 1. The Hall–Kier alpha value is -1.04. The molecule has 3 N–H and O–H groups in total. The van der Waals surface area contributed by atoms with E-state index < -0.39 is 0 Å². The predicted octanol–water partition coefficient (Wildman–Crippen LogP) is 4.70. The molecule has 0 fully saturated rings. The number of halogens is 3. The van der Waals surface area contributed by atoms with Crippen LogP contribution in [0.2, 0.25) is 5.02 Å². The molecule has 0 bridgehead atoms. The lowest BCUT2D eigenvalue weighted by Crippen LogP contribution is -2.13. The van der Waals surface area contributed by atoms with E-state index in [1.165, 1.54) is 0 Å². The van der Waals surface area contributed by atoms with E-state index in [2.05, 4.69) is 37.2 Å². The number of anilines is 2. The van der Waals surface area contributed by atoms with Gasteiger partial charge in [-0.05, 0) is 68.3 Å². The van der Waals surface area contributed by atoms with Gasteiger partial charge in [-0.25, -0.2) is 0 Å². The number of benzene rings is 2. The van der Waals surface area contributed by atoms with E-state index in [1.807, 2.05) is 0 Å². The van der Waals surface area contributed by atoms with Crippen molar-refractivity contribution in [3.63, 3.8) is 0 Å². The van der Waals surface area contributed by atoms with E-state index in [-0.39, 0.29) is 5.91 Å². The summed E-state index contributed by atoms with van der Waals surface area (Å²) in [5, 5.41) is 3.33. The minimum absolute atomic E-state index is 0.262. The highest BCUT2D eigenvalue weighted by atomic mass is 79.9. The second-order valence-corrected chi connectivity index (χ2v) is 5.96. The molecule has 2 aromatic rings. The van der Waals surface area contributed by atoms with Crippen molar-refractivity contribution in [1.82, 2.24) is 0 Å². The fourth-order valence-corrected chi connectivity index (χ4v) is 2.44. The maximum Gasteiger partial charge on any atom is 0.256 e. The second-order valence-electron chi connectivity index (χ2n) is 3.82. The fraction of sp³-hybridized carbons (Fsp3) is 0. The first-order valence-electron chi connectivity index (χ1n) is 5.29. The Balaban J connectivity index is 2.30. The number of hydrogen-bond donors (Lipinski definition) is 2. The highest BCUT2D eigenvalue weighted by Crippen LogP contribution is 2.27. The molecule has 0 radical (unpaired) electrons. The van der Waals surface area contributed by atoms with E-state index in [9.17, 15) is 4.79 Å². The van der Waals surface area contributed by atoms with Crippen LogP contribution in [0.4, 0.5) is 11.4 Å². The SMILES string of the molecule is Nc1ccc(Br)c(C(=O)Nc2cc(Cl)ccc2Br)c1. The van der Waals surface area contributed by atoms with Gasteiger partial charge in [0.2, 0.25) is 0 Å². The highest BCUT2D eigenvalue weighted by molar-refractivity contribution is 9.11. The van der Waals surface area contributed by atoms with Gasteiger partial charge >= 0.3 is 0 Å². The number of rotatable bonds is 2. The molecule has 0 aliphatic rings. The van der Waals surface area contributed by atoms with E-state index in [1.54, 1.807) is 36.4 Å². The molecule has 0 saturated heterocycles. The summed E-state index contributed by atoms with van der Waals surface area (Å²) in [6.45, 7) is 0. The molecule has 1 amide bonds. The third-order valence-corrected chi connectivity index (χ3v) is 4.03. The van der Waals surface area contributed by atoms with Crippen LogP contribution in [0.1, 0.15) is 10.4 Å². The Labute approximate surface area is 132 Å². The molecule has 0 aliphatic heterocycles. The van der Waals surface area contributed by atoms with Crippen molar-refractivity contribution < 1.29 is 4.79 Å². The minimum Gasteiger partial charge on any atom is -0.399 e. The zero-order chi connectivity index (χ0) is 14.0. The summed E-state index contributed by atoms with van der Waals surface area (Å²) in [6, 6.07) is 10.2. The second kappa shape index (κ2) is 5.94. The first-order valence-corrected chi connectivity index (χ1v) is 7.25. The van der Waals surface area contributed by atoms with Crippen molar-refractivity contribution in [2.24, 2.45) is 0 Å². The topological polar surface area (TPSA) is 55.1 Å². The van der Waals surface area contributed by atoms with Crippen LogP contribution in [-0.4, -0.2) is 5.91 Å². The number of nitrogens with two attached hydrogens (primary N) is 1. The Morgan fingerprint density at radius 2 is 1.79 bits per heavy atom. The number of hydrogen-bond acceptors (Lipinski definition) is 2. The predicted molar refractivity (Wildman–Crippen MR) is 85.7 cm³/mol. The monoisotopic (exact) mass is 402 g/mol. The normalized spacial score (nSPS) is 10.3. The van der Waals surface area contributed by atoms with Gasteiger partial charge in [-0.15, -0.1) is 0 Å². The summed E-state index contributed by atoms with van der Waals surface area (Å²) < 4.78 is 1.43. The number of amides is 1.